The third-order valence-corrected chi connectivity index (χ3v) is 17.5. The summed E-state index contributed by atoms with van der Waals surface area (Å²) in [6.45, 7) is 0. The summed E-state index contributed by atoms with van der Waals surface area (Å²) in [6.07, 6.45) is 0. The lowest BCUT2D eigenvalue weighted by molar-refractivity contribution is 0.803. The number of anilines is 3. The number of hydrogen-bond acceptors (Lipinski definition) is 3. The lowest BCUT2D eigenvalue weighted by Gasteiger charge is -2.31. The number of benzene rings is 11. The zero-order valence-corrected chi connectivity index (χ0v) is 39.6. The Kier molecular flexibility index (Phi) is 8.68. The monoisotopic (exact) mass is 923 g/mol. The highest BCUT2D eigenvalue weighted by molar-refractivity contribution is 7.26. The molecule has 0 N–H and O–H groups in total. The Morgan fingerprint density at radius 3 is 1.51 bits per heavy atom. The van der Waals surface area contributed by atoms with Crippen LogP contribution in [-0.4, -0.2) is 0 Å². The summed E-state index contributed by atoms with van der Waals surface area (Å²) in [6, 6.07) is 92.7. The summed E-state index contributed by atoms with van der Waals surface area (Å²) >= 11 is 3.81. The third kappa shape index (κ3) is 5.65. The van der Waals surface area contributed by atoms with E-state index in [9.17, 15) is 0 Å². The van der Waals surface area contributed by atoms with Crippen LogP contribution in [0.3, 0.4) is 0 Å². The molecule has 1 unspecified atom stereocenters. The summed E-state index contributed by atoms with van der Waals surface area (Å²) in [5.74, 6) is 0. The van der Waals surface area contributed by atoms with Gasteiger partial charge in [-0.3, -0.25) is 0 Å². The molecule has 1 spiro atoms. The minimum Gasteiger partial charge on any atom is -0.311 e. The van der Waals surface area contributed by atoms with Crippen molar-refractivity contribution in [2.45, 2.75) is 5.41 Å². The second-order valence-corrected chi connectivity index (χ2v) is 20.8. The largest absolute Gasteiger partial charge is 0.311 e. The molecule has 0 saturated carbocycles. The van der Waals surface area contributed by atoms with E-state index < -0.39 is 5.41 Å². The van der Waals surface area contributed by atoms with Crippen molar-refractivity contribution < 1.29 is 0 Å². The van der Waals surface area contributed by atoms with Crippen molar-refractivity contribution in [1.29, 1.82) is 0 Å². The molecule has 0 fully saturated rings. The Morgan fingerprint density at radius 1 is 0.286 bits per heavy atom. The van der Waals surface area contributed by atoms with Gasteiger partial charge in [0.25, 0.3) is 0 Å². The number of rotatable bonds is 6. The SMILES string of the molecule is c1ccc(-c2ccc(N(c3ccc(-c4cccc5c4-c4ccccc4C54c5ccccc5-c5ccc6c(sc7ccccc76)c54)cc3)c3ccc(-c4cccc5sc6ccccc6c45)cc3)cc2)cc1. The van der Waals surface area contributed by atoms with Gasteiger partial charge in [0.15, 0.2) is 0 Å². The smallest absolute Gasteiger partial charge is 0.0739 e. The molecular weight excluding hydrogens is 883 g/mol. The molecule has 0 amide bonds. The van der Waals surface area contributed by atoms with Gasteiger partial charge in [-0.25, -0.2) is 0 Å². The minimum absolute atomic E-state index is 0.453. The second kappa shape index (κ2) is 15.3. The Labute approximate surface area is 414 Å². The predicted molar refractivity (Wildman–Crippen MR) is 300 cm³/mol. The summed E-state index contributed by atoms with van der Waals surface area (Å²) in [4.78, 5) is 2.39. The first-order valence-electron chi connectivity index (χ1n) is 24.1. The van der Waals surface area contributed by atoms with Crippen molar-refractivity contribution in [2.75, 3.05) is 4.90 Å². The van der Waals surface area contributed by atoms with Gasteiger partial charge in [0.05, 0.1) is 5.41 Å². The molecule has 2 aliphatic carbocycles. The van der Waals surface area contributed by atoms with Gasteiger partial charge in [0.2, 0.25) is 0 Å². The van der Waals surface area contributed by atoms with Gasteiger partial charge in [-0.15, -0.1) is 22.7 Å². The first kappa shape index (κ1) is 39.6. The van der Waals surface area contributed by atoms with E-state index in [1.54, 1.807) is 0 Å². The quantitative estimate of drug-likeness (QED) is 0.161. The van der Waals surface area contributed by atoms with Crippen molar-refractivity contribution in [1.82, 2.24) is 0 Å². The molecule has 2 aromatic heterocycles. The van der Waals surface area contributed by atoms with Crippen molar-refractivity contribution >= 4 is 80.1 Å². The van der Waals surface area contributed by atoms with E-state index >= 15 is 0 Å². The van der Waals surface area contributed by atoms with E-state index in [-0.39, 0.29) is 0 Å². The van der Waals surface area contributed by atoms with Crippen LogP contribution in [0.15, 0.2) is 249 Å². The topological polar surface area (TPSA) is 3.24 Å². The van der Waals surface area contributed by atoms with Gasteiger partial charge in [0, 0.05) is 57.4 Å². The molecule has 70 heavy (non-hydrogen) atoms. The van der Waals surface area contributed by atoms with Crippen molar-refractivity contribution in [3.63, 3.8) is 0 Å². The maximum atomic E-state index is 2.41. The maximum Gasteiger partial charge on any atom is 0.0739 e. The van der Waals surface area contributed by atoms with Crippen LogP contribution in [0.1, 0.15) is 22.3 Å². The fourth-order valence-corrected chi connectivity index (χ4v) is 14.6. The number of thiophene rings is 2. The summed E-state index contributed by atoms with van der Waals surface area (Å²) in [7, 11) is 0. The average Bonchev–Trinajstić information content (AvgIpc) is 4.18. The average molecular weight is 924 g/mol. The highest BCUT2D eigenvalue weighted by Crippen LogP contribution is 2.66. The molecule has 2 heterocycles. The maximum absolute atomic E-state index is 2.41. The fraction of sp³-hybridized carbons (Fsp3) is 0.0149. The third-order valence-electron chi connectivity index (χ3n) is 15.1. The Balaban J connectivity index is 0.876. The standard InChI is InChI=1S/C67H41NS2/c1-2-14-42(15-3-1)43-28-34-46(35-29-43)68(48-38-32-45(33-39-48)50-21-13-27-62-64(50)56-19-7-11-26-61(56)69-62)47-36-30-44(31-37-47)49-20-12-24-59-63(49)55-18-5-9-23-58(55)67(59)57-22-8-4-16-51(57)53-40-41-54-52-17-6-10-25-60(52)70-66(54)65(53)67/h1-41H. The predicted octanol–water partition coefficient (Wildman–Crippen LogP) is 19.2. The molecule has 0 bridgehead atoms. The Bertz CT molecular complexity index is 4220. The Morgan fingerprint density at radius 2 is 0.786 bits per heavy atom. The van der Waals surface area contributed by atoms with Crippen LogP contribution < -0.4 is 4.90 Å². The van der Waals surface area contributed by atoms with Crippen molar-refractivity contribution in [3.8, 4) is 55.6 Å². The van der Waals surface area contributed by atoms with E-state index in [0.29, 0.717) is 0 Å². The molecule has 0 radical (unpaired) electrons. The first-order chi connectivity index (χ1) is 34.7. The zero-order valence-electron chi connectivity index (χ0n) is 37.9. The number of fused-ring (bicyclic) bond motifs is 17. The molecule has 11 aromatic carbocycles. The number of nitrogens with zero attached hydrogens (tertiary/aromatic N) is 1. The van der Waals surface area contributed by atoms with Crippen LogP contribution in [0, 0.1) is 0 Å². The van der Waals surface area contributed by atoms with E-state index in [1.807, 2.05) is 22.7 Å². The molecule has 0 saturated heterocycles. The van der Waals surface area contributed by atoms with E-state index in [0.717, 1.165) is 17.1 Å². The lowest BCUT2D eigenvalue weighted by Crippen LogP contribution is -2.26. The summed E-state index contributed by atoms with van der Waals surface area (Å²) < 4.78 is 5.35. The first-order valence-corrected chi connectivity index (χ1v) is 25.7. The molecule has 15 rings (SSSR count). The highest BCUT2D eigenvalue weighted by Gasteiger charge is 2.53. The zero-order chi connectivity index (χ0) is 45.9. The van der Waals surface area contributed by atoms with Crippen LogP contribution in [0.25, 0.3) is 96.0 Å². The van der Waals surface area contributed by atoms with Gasteiger partial charge in [-0.1, -0.05) is 194 Å². The van der Waals surface area contributed by atoms with E-state index in [1.165, 1.54) is 118 Å². The van der Waals surface area contributed by atoms with Gasteiger partial charge < -0.3 is 4.90 Å². The molecular formula is C67H41NS2. The normalized spacial score (nSPS) is 14.3. The minimum atomic E-state index is -0.453. The van der Waals surface area contributed by atoms with Crippen LogP contribution in [0.2, 0.25) is 0 Å². The number of hydrogen-bond donors (Lipinski definition) is 0. The molecule has 1 atom stereocenters. The molecule has 2 aliphatic rings. The highest BCUT2D eigenvalue weighted by atomic mass is 32.1. The van der Waals surface area contributed by atoms with Crippen LogP contribution in [0.4, 0.5) is 17.1 Å². The molecule has 3 heteroatoms. The van der Waals surface area contributed by atoms with Gasteiger partial charge >= 0.3 is 0 Å². The van der Waals surface area contributed by atoms with Crippen molar-refractivity contribution in [3.05, 3.63) is 271 Å². The molecule has 326 valence electrons. The fourth-order valence-electron chi connectivity index (χ4n) is 12.2. The summed E-state index contributed by atoms with van der Waals surface area (Å²) in [5.41, 5.74) is 21.0. The van der Waals surface area contributed by atoms with Gasteiger partial charge in [-0.2, -0.15) is 0 Å². The van der Waals surface area contributed by atoms with Crippen molar-refractivity contribution in [2.24, 2.45) is 0 Å². The van der Waals surface area contributed by atoms with E-state index in [2.05, 4.69) is 254 Å². The van der Waals surface area contributed by atoms with Crippen LogP contribution in [0.5, 0.6) is 0 Å². The molecule has 1 nitrogen and oxygen atoms in total. The van der Waals surface area contributed by atoms with Gasteiger partial charge in [-0.05, 0) is 132 Å². The lowest BCUT2D eigenvalue weighted by atomic mass is 9.70. The molecule has 0 aliphatic heterocycles. The second-order valence-electron chi connectivity index (χ2n) is 18.7. The van der Waals surface area contributed by atoms with Crippen LogP contribution >= 0.6 is 22.7 Å². The van der Waals surface area contributed by atoms with Crippen LogP contribution in [-0.2, 0) is 5.41 Å². The van der Waals surface area contributed by atoms with E-state index in [4.69, 9.17) is 0 Å². The summed E-state index contributed by atoms with van der Waals surface area (Å²) in [5, 5.41) is 5.32. The Hall–Kier alpha value is -8.34. The van der Waals surface area contributed by atoms with Gasteiger partial charge in [0.1, 0.15) is 0 Å². The molecule has 13 aromatic rings.